The molecule has 0 rings (SSSR count). The van der Waals surface area contributed by atoms with Gasteiger partial charge in [-0.05, 0) is 19.5 Å². The molecule has 0 fully saturated rings. The van der Waals surface area contributed by atoms with Gasteiger partial charge in [-0.2, -0.15) is 0 Å². The number of halogens is 1. The van der Waals surface area contributed by atoms with Gasteiger partial charge in [0, 0.05) is 0 Å². The first-order valence-electron chi connectivity index (χ1n) is 2.95. The van der Waals surface area contributed by atoms with Crippen LogP contribution < -0.4 is 5.32 Å². The highest BCUT2D eigenvalue weighted by molar-refractivity contribution is 5.85. The molecular weight excluding hydrogens is 122 g/mol. The molecule has 0 aromatic carbocycles. The SMILES string of the molecule is CCC(C)CNC.Cl. The van der Waals surface area contributed by atoms with Crippen LogP contribution in [0.1, 0.15) is 20.3 Å². The van der Waals surface area contributed by atoms with Crippen molar-refractivity contribution in [2.24, 2.45) is 5.92 Å². The minimum absolute atomic E-state index is 0. The zero-order chi connectivity index (χ0) is 5.70. The minimum Gasteiger partial charge on any atom is -0.319 e. The molecule has 0 bridgehead atoms. The smallest absolute Gasteiger partial charge is 0.00263 e. The lowest BCUT2D eigenvalue weighted by molar-refractivity contribution is 0.528. The summed E-state index contributed by atoms with van der Waals surface area (Å²) in [5.74, 6) is 0.838. The lowest BCUT2D eigenvalue weighted by Crippen LogP contribution is -2.14. The van der Waals surface area contributed by atoms with E-state index in [4.69, 9.17) is 0 Å². The van der Waals surface area contributed by atoms with Crippen LogP contribution in [0.4, 0.5) is 0 Å². The lowest BCUT2D eigenvalue weighted by Gasteiger charge is -2.04. The summed E-state index contributed by atoms with van der Waals surface area (Å²) in [6.45, 7) is 5.61. The van der Waals surface area contributed by atoms with E-state index in [1.54, 1.807) is 0 Å². The maximum Gasteiger partial charge on any atom is -0.00263 e. The molecule has 0 radical (unpaired) electrons. The molecule has 2 heteroatoms. The van der Waals surface area contributed by atoms with E-state index < -0.39 is 0 Å². The van der Waals surface area contributed by atoms with E-state index in [2.05, 4.69) is 19.2 Å². The molecule has 1 N–H and O–H groups in total. The highest BCUT2D eigenvalue weighted by Gasteiger charge is 1.91. The molecule has 0 aliphatic carbocycles. The van der Waals surface area contributed by atoms with Crippen molar-refractivity contribution < 1.29 is 0 Å². The Bertz CT molecular complexity index is 39.5. The predicted molar refractivity (Wildman–Crippen MR) is 40.6 cm³/mol. The molecule has 8 heavy (non-hydrogen) atoms. The van der Waals surface area contributed by atoms with Crippen LogP contribution in [0.2, 0.25) is 0 Å². The normalized spacial score (nSPS) is 12.4. The second-order valence-corrected chi connectivity index (χ2v) is 2.07. The Morgan fingerprint density at radius 2 is 2.00 bits per heavy atom. The van der Waals surface area contributed by atoms with Crippen LogP contribution >= 0.6 is 12.4 Å². The summed E-state index contributed by atoms with van der Waals surface area (Å²) < 4.78 is 0. The van der Waals surface area contributed by atoms with E-state index in [1.807, 2.05) is 7.05 Å². The van der Waals surface area contributed by atoms with Gasteiger partial charge in [0.05, 0.1) is 0 Å². The number of hydrogen-bond donors (Lipinski definition) is 1. The molecule has 1 atom stereocenters. The van der Waals surface area contributed by atoms with E-state index in [9.17, 15) is 0 Å². The largest absolute Gasteiger partial charge is 0.319 e. The quantitative estimate of drug-likeness (QED) is 0.624. The van der Waals surface area contributed by atoms with Crippen LogP contribution in [-0.4, -0.2) is 13.6 Å². The second-order valence-electron chi connectivity index (χ2n) is 2.07. The van der Waals surface area contributed by atoms with Crippen LogP contribution in [0, 0.1) is 5.92 Å². The Kier molecular flexibility index (Phi) is 10.1. The first-order valence-corrected chi connectivity index (χ1v) is 2.95. The zero-order valence-electron chi connectivity index (χ0n) is 5.90. The Balaban J connectivity index is 0. The number of nitrogens with one attached hydrogen (secondary N) is 1. The van der Waals surface area contributed by atoms with Gasteiger partial charge >= 0.3 is 0 Å². The molecule has 52 valence electrons. The first kappa shape index (κ1) is 11.1. The molecule has 0 saturated carbocycles. The Morgan fingerprint density at radius 3 is 2.12 bits per heavy atom. The molecule has 1 nitrogen and oxygen atoms in total. The molecular formula is C6H16ClN. The van der Waals surface area contributed by atoms with Crippen molar-refractivity contribution in [3.8, 4) is 0 Å². The fourth-order valence-corrected chi connectivity index (χ4v) is 0.493. The second kappa shape index (κ2) is 7.25. The predicted octanol–water partition coefficient (Wildman–Crippen LogP) is 1.67. The molecule has 0 aliphatic rings. The maximum absolute atomic E-state index is 3.12. The summed E-state index contributed by atoms with van der Waals surface area (Å²) in [5, 5.41) is 3.12. The van der Waals surface area contributed by atoms with Gasteiger partial charge in [0.2, 0.25) is 0 Å². The fourth-order valence-electron chi connectivity index (χ4n) is 0.493. The Morgan fingerprint density at radius 1 is 1.50 bits per heavy atom. The Labute approximate surface area is 58.3 Å². The molecule has 0 heterocycles. The highest BCUT2D eigenvalue weighted by Crippen LogP contribution is 1.95. The summed E-state index contributed by atoms with van der Waals surface area (Å²) in [6.07, 6.45) is 1.28. The van der Waals surface area contributed by atoms with Crippen molar-refractivity contribution in [2.45, 2.75) is 20.3 Å². The van der Waals surface area contributed by atoms with Crippen molar-refractivity contribution in [3.05, 3.63) is 0 Å². The Hall–Kier alpha value is 0.250. The van der Waals surface area contributed by atoms with Crippen molar-refractivity contribution in [1.29, 1.82) is 0 Å². The van der Waals surface area contributed by atoms with E-state index in [0.717, 1.165) is 12.5 Å². The third-order valence-corrected chi connectivity index (χ3v) is 1.25. The van der Waals surface area contributed by atoms with Gasteiger partial charge in [-0.3, -0.25) is 0 Å². The van der Waals surface area contributed by atoms with E-state index >= 15 is 0 Å². The van der Waals surface area contributed by atoms with Crippen LogP contribution in [-0.2, 0) is 0 Å². The van der Waals surface area contributed by atoms with Gasteiger partial charge in [0.1, 0.15) is 0 Å². The lowest BCUT2D eigenvalue weighted by atomic mass is 10.1. The molecule has 0 saturated heterocycles. The zero-order valence-corrected chi connectivity index (χ0v) is 6.72. The van der Waals surface area contributed by atoms with Gasteiger partial charge in [0.15, 0.2) is 0 Å². The van der Waals surface area contributed by atoms with Crippen molar-refractivity contribution in [1.82, 2.24) is 5.32 Å². The van der Waals surface area contributed by atoms with Gasteiger partial charge in [-0.25, -0.2) is 0 Å². The van der Waals surface area contributed by atoms with Crippen LogP contribution in [0.25, 0.3) is 0 Å². The molecule has 0 aliphatic heterocycles. The third-order valence-electron chi connectivity index (χ3n) is 1.25. The topological polar surface area (TPSA) is 12.0 Å². The molecule has 0 aromatic heterocycles. The summed E-state index contributed by atoms with van der Waals surface area (Å²) in [6, 6.07) is 0. The van der Waals surface area contributed by atoms with Gasteiger partial charge in [0.25, 0.3) is 0 Å². The summed E-state index contributed by atoms with van der Waals surface area (Å²) in [7, 11) is 1.99. The first-order chi connectivity index (χ1) is 3.31. The van der Waals surface area contributed by atoms with E-state index in [1.165, 1.54) is 6.42 Å². The van der Waals surface area contributed by atoms with Crippen LogP contribution in [0.15, 0.2) is 0 Å². The van der Waals surface area contributed by atoms with Gasteiger partial charge < -0.3 is 5.32 Å². The molecule has 0 spiro atoms. The van der Waals surface area contributed by atoms with Gasteiger partial charge in [-0.1, -0.05) is 20.3 Å². The van der Waals surface area contributed by atoms with Gasteiger partial charge in [-0.15, -0.1) is 12.4 Å². The monoisotopic (exact) mass is 137 g/mol. The molecule has 0 amide bonds. The maximum atomic E-state index is 3.12. The summed E-state index contributed by atoms with van der Waals surface area (Å²) in [4.78, 5) is 0. The minimum atomic E-state index is 0. The third kappa shape index (κ3) is 6.25. The average Bonchev–Trinajstić information content (AvgIpc) is 1.68. The van der Waals surface area contributed by atoms with Crippen molar-refractivity contribution in [2.75, 3.05) is 13.6 Å². The number of rotatable bonds is 3. The highest BCUT2D eigenvalue weighted by atomic mass is 35.5. The fraction of sp³-hybridized carbons (Fsp3) is 1.00. The number of hydrogen-bond acceptors (Lipinski definition) is 1. The summed E-state index contributed by atoms with van der Waals surface area (Å²) >= 11 is 0. The van der Waals surface area contributed by atoms with Crippen LogP contribution in [0.5, 0.6) is 0 Å². The molecule has 0 aromatic rings. The molecule has 1 unspecified atom stereocenters. The van der Waals surface area contributed by atoms with E-state index in [-0.39, 0.29) is 12.4 Å². The average molecular weight is 138 g/mol. The van der Waals surface area contributed by atoms with E-state index in [0.29, 0.717) is 0 Å². The van der Waals surface area contributed by atoms with Crippen molar-refractivity contribution >= 4 is 12.4 Å². The van der Waals surface area contributed by atoms with Crippen LogP contribution in [0.3, 0.4) is 0 Å². The summed E-state index contributed by atoms with van der Waals surface area (Å²) in [5.41, 5.74) is 0. The standard InChI is InChI=1S/C6H15N.ClH/c1-4-6(2)5-7-3;/h6-7H,4-5H2,1-3H3;1H. The van der Waals surface area contributed by atoms with Crippen molar-refractivity contribution in [3.63, 3.8) is 0 Å².